The van der Waals surface area contributed by atoms with Crippen molar-refractivity contribution < 1.29 is 9.47 Å². The number of carbonyl (C=O) groups is 1. The minimum Gasteiger partial charge on any atom is -0.264 e. The van der Waals surface area contributed by atoms with Crippen LogP contribution in [0.4, 0.5) is 0 Å². The summed E-state index contributed by atoms with van der Waals surface area (Å²) in [6.45, 7) is 0. The van der Waals surface area contributed by atoms with Crippen LogP contribution in [0.15, 0.2) is 67.0 Å². The van der Waals surface area contributed by atoms with Gasteiger partial charge in [0.2, 0.25) is 0 Å². The van der Waals surface area contributed by atoms with Gasteiger partial charge < -0.3 is 0 Å². The number of benzene rings is 1. The molecular formula is C14H13N2O+. The molecule has 84 valence electrons. The molecule has 17 heavy (non-hydrogen) atoms. The second kappa shape index (κ2) is 5.61. The minimum atomic E-state index is -0.162. The van der Waals surface area contributed by atoms with Gasteiger partial charge in [-0.25, -0.2) is 0 Å². The van der Waals surface area contributed by atoms with Crippen molar-refractivity contribution in [1.82, 2.24) is 0 Å². The van der Waals surface area contributed by atoms with Gasteiger partial charge >= 0.3 is 0 Å². The van der Waals surface area contributed by atoms with Crippen LogP contribution in [0.2, 0.25) is 0 Å². The Morgan fingerprint density at radius 2 is 1.65 bits per heavy atom. The zero-order valence-electron chi connectivity index (χ0n) is 9.28. The molecule has 0 saturated heterocycles. The summed E-state index contributed by atoms with van der Waals surface area (Å²) in [5, 5.41) is 0. The number of nitrogens with one attached hydrogen (secondary N) is 1. The van der Waals surface area contributed by atoms with Gasteiger partial charge in [-0.3, -0.25) is 4.79 Å². The third kappa shape index (κ3) is 3.57. The summed E-state index contributed by atoms with van der Waals surface area (Å²) < 4.78 is 1.61. The zero-order chi connectivity index (χ0) is 11.9. The van der Waals surface area contributed by atoms with Gasteiger partial charge in [0.1, 0.15) is 0 Å². The van der Waals surface area contributed by atoms with E-state index in [0.717, 1.165) is 5.56 Å². The Labute approximate surface area is 100 Å². The Hall–Kier alpha value is -2.42. The van der Waals surface area contributed by atoms with Crippen molar-refractivity contribution in [3.8, 4) is 0 Å². The van der Waals surface area contributed by atoms with Crippen LogP contribution in [0.3, 0.4) is 0 Å². The van der Waals surface area contributed by atoms with Gasteiger partial charge in [-0.1, -0.05) is 41.1 Å². The van der Waals surface area contributed by atoms with Crippen molar-refractivity contribution in [3.63, 3.8) is 0 Å². The van der Waals surface area contributed by atoms with Crippen LogP contribution >= 0.6 is 0 Å². The molecule has 1 aromatic heterocycles. The van der Waals surface area contributed by atoms with E-state index in [-0.39, 0.29) is 5.91 Å². The Bertz CT molecular complexity index is 506. The summed E-state index contributed by atoms with van der Waals surface area (Å²) in [7, 11) is 0. The fraction of sp³-hybridized carbons (Fsp3) is 0. The fourth-order valence-corrected chi connectivity index (χ4v) is 1.37. The predicted octanol–water partition coefficient (Wildman–Crippen LogP) is 1.76. The molecule has 0 spiro atoms. The van der Waals surface area contributed by atoms with Crippen LogP contribution in [0.1, 0.15) is 5.56 Å². The highest BCUT2D eigenvalue weighted by molar-refractivity contribution is 5.96. The fourth-order valence-electron chi connectivity index (χ4n) is 1.37. The molecule has 2 aromatic rings. The molecule has 3 heteroatoms. The van der Waals surface area contributed by atoms with Gasteiger partial charge in [0.25, 0.3) is 5.91 Å². The molecule has 3 nitrogen and oxygen atoms in total. The van der Waals surface area contributed by atoms with E-state index in [0.29, 0.717) is 0 Å². The average Bonchev–Trinajstić information content (AvgIpc) is 2.39. The highest BCUT2D eigenvalue weighted by atomic mass is 16.2. The molecule has 0 fully saturated rings. The van der Waals surface area contributed by atoms with E-state index in [1.807, 2.05) is 48.5 Å². The van der Waals surface area contributed by atoms with E-state index in [2.05, 4.69) is 5.43 Å². The van der Waals surface area contributed by atoms with Crippen molar-refractivity contribution in [2.45, 2.75) is 0 Å². The van der Waals surface area contributed by atoms with Gasteiger partial charge in [-0.05, 0) is 11.6 Å². The van der Waals surface area contributed by atoms with Crippen LogP contribution in [0, 0.1) is 0 Å². The van der Waals surface area contributed by atoms with E-state index in [1.54, 1.807) is 23.1 Å². The molecule has 0 radical (unpaired) electrons. The lowest BCUT2D eigenvalue weighted by atomic mass is 10.2. The molecule has 1 N–H and O–H groups in total. The van der Waals surface area contributed by atoms with Gasteiger partial charge in [0.05, 0.1) is 0 Å². The van der Waals surface area contributed by atoms with Crippen molar-refractivity contribution in [2.75, 3.05) is 5.43 Å². The molecule has 0 atom stereocenters. The van der Waals surface area contributed by atoms with E-state index in [9.17, 15) is 4.79 Å². The third-order valence-electron chi connectivity index (χ3n) is 2.18. The maximum absolute atomic E-state index is 11.6. The molecule has 2 rings (SSSR count). The average molecular weight is 225 g/mol. The highest BCUT2D eigenvalue weighted by Gasteiger charge is 2.01. The SMILES string of the molecule is O=C(/C=C/c1ccccc1)N[n+]1ccccc1. The largest absolute Gasteiger partial charge is 0.298 e. The lowest BCUT2D eigenvalue weighted by Crippen LogP contribution is -2.46. The molecule has 0 bridgehead atoms. The Morgan fingerprint density at radius 1 is 1.00 bits per heavy atom. The first kappa shape index (κ1) is 11.1. The number of aromatic nitrogens is 1. The predicted molar refractivity (Wildman–Crippen MR) is 66.5 cm³/mol. The number of rotatable bonds is 3. The second-order valence-corrected chi connectivity index (χ2v) is 3.50. The zero-order valence-corrected chi connectivity index (χ0v) is 9.28. The van der Waals surface area contributed by atoms with Gasteiger partial charge in [-0.15, -0.1) is 5.43 Å². The lowest BCUT2D eigenvalue weighted by Gasteiger charge is -1.94. The molecule has 0 aliphatic rings. The van der Waals surface area contributed by atoms with Crippen LogP contribution in [0.5, 0.6) is 0 Å². The summed E-state index contributed by atoms with van der Waals surface area (Å²) in [5.41, 5.74) is 3.70. The van der Waals surface area contributed by atoms with E-state index in [1.165, 1.54) is 6.08 Å². The topological polar surface area (TPSA) is 33.0 Å². The summed E-state index contributed by atoms with van der Waals surface area (Å²) in [5.74, 6) is -0.162. The number of nitrogens with zero attached hydrogens (tertiary/aromatic N) is 1. The first-order valence-electron chi connectivity index (χ1n) is 5.35. The second-order valence-electron chi connectivity index (χ2n) is 3.50. The van der Waals surface area contributed by atoms with Crippen molar-refractivity contribution in [3.05, 3.63) is 72.6 Å². The standard InChI is InChI=1S/C14H12N2O/c17-14(15-16-11-5-2-6-12-16)10-9-13-7-3-1-4-8-13/h1-12H/p+1/b10-9+. The molecule has 1 aromatic carbocycles. The Balaban J connectivity index is 1.96. The number of hydrogen-bond donors (Lipinski definition) is 1. The quantitative estimate of drug-likeness (QED) is 0.626. The molecule has 0 aliphatic carbocycles. The monoisotopic (exact) mass is 225 g/mol. The molecular weight excluding hydrogens is 212 g/mol. The molecule has 0 unspecified atom stereocenters. The van der Waals surface area contributed by atoms with Crippen molar-refractivity contribution in [2.24, 2.45) is 0 Å². The first-order chi connectivity index (χ1) is 8.34. The number of carbonyl (C=O) groups excluding carboxylic acids is 1. The van der Waals surface area contributed by atoms with Crippen LogP contribution < -0.4 is 10.1 Å². The maximum atomic E-state index is 11.6. The summed E-state index contributed by atoms with van der Waals surface area (Å²) in [6.07, 6.45) is 6.83. The smallest absolute Gasteiger partial charge is 0.264 e. The number of hydrogen-bond acceptors (Lipinski definition) is 1. The first-order valence-corrected chi connectivity index (χ1v) is 5.35. The van der Waals surface area contributed by atoms with Crippen molar-refractivity contribution in [1.29, 1.82) is 0 Å². The van der Waals surface area contributed by atoms with Crippen LogP contribution in [-0.2, 0) is 4.79 Å². The lowest BCUT2D eigenvalue weighted by molar-refractivity contribution is -0.642. The van der Waals surface area contributed by atoms with Gasteiger partial charge in [0, 0.05) is 18.2 Å². The number of pyridine rings is 1. The third-order valence-corrected chi connectivity index (χ3v) is 2.18. The Morgan fingerprint density at radius 3 is 2.35 bits per heavy atom. The summed E-state index contributed by atoms with van der Waals surface area (Å²) >= 11 is 0. The molecule has 1 amide bonds. The van der Waals surface area contributed by atoms with Gasteiger partial charge in [0.15, 0.2) is 12.4 Å². The molecule has 0 saturated carbocycles. The normalized spacial score (nSPS) is 10.4. The van der Waals surface area contributed by atoms with E-state index < -0.39 is 0 Å². The summed E-state index contributed by atoms with van der Waals surface area (Å²) in [6, 6.07) is 15.3. The minimum absolute atomic E-state index is 0.162. The van der Waals surface area contributed by atoms with Crippen molar-refractivity contribution >= 4 is 12.0 Å². The Kier molecular flexibility index (Phi) is 3.65. The van der Waals surface area contributed by atoms with Crippen LogP contribution in [0.25, 0.3) is 6.08 Å². The maximum Gasteiger partial charge on any atom is 0.298 e. The summed E-state index contributed by atoms with van der Waals surface area (Å²) in [4.78, 5) is 11.6. The molecule has 0 aliphatic heterocycles. The number of amides is 1. The van der Waals surface area contributed by atoms with E-state index in [4.69, 9.17) is 0 Å². The van der Waals surface area contributed by atoms with Gasteiger partial charge in [-0.2, -0.15) is 0 Å². The highest BCUT2D eigenvalue weighted by Crippen LogP contribution is 2.00. The van der Waals surface area contributed by atoms with E-state index >= 15 is 0 Å². The molecule has 1 heterocycles. The van der Waals surface area contributed by atoms with Crippen LogP contribution in [-0.4, -0.2) is 5.91 Å².